The molecule has 0 atom stereocenters. The molecule has 0 aliphatic heterocycles. The Morgan fingerprint density at radius 2 is 1.40 bits per heavy atom. The molecule has 0 aliphatic carbocycles. The van der Waals surface area contributed by atoms with Gasteiger partial charge in [0.25, 0.3) is 0 Å². The zero-order valence-corrected chi connectivity index (χ0v) is 36.0. The van der Waals surface area contributed by atoms with Crippen molar-refractivity contribution in [2.75, 3.05) is 18.2 Å². The van der Waals surface area contributed by atoms with Crippen LogP contribution in [0.2, 0.25) is 0 Å². The van der Waals surface area contributed by atoms with E-state index in [4.69, 9.17) is 22.4 Å². The second-order valence-corrected chi connectivity index (χ2v) is 15.3. The van der Waals surface area contributed by atoms with Crippen LogP contribution in [0.1, 0.15) is 61.7 Å². The molecule has 0 aliphatic rings. The number of terminal acetylenes is 1. The van der Waals surface area contributed by atoms with Crippen molar-refractivity contribution in [3.8, 4) is 29.5 Å². The minimum absolute atomic E-state index is 0.0298. The predicted molar refractivity (Wildman–Crippen MR) is 242 cm³/mol. The van der Waals surface area contributed by atoms with Crippen molar-refractivity contribution in [1.82, 2.24) is 44.9 Å². The highest BCUT2D eigenvalue weighted by Crippen LogP contribution is 2.28. The van der Waals surface area contributed by atoms with Gasteiger partial charge in [0.1, 0.15) is 45.7 Å². The number of rotatable bonds is 11. The Hall–Kier alpha value is -8.17. The summed E-state index contributed by atoms with van der Waals surface area (Å²) in [6.45, 7) is 7.73. The van der Waals surface area contributed by atoms with Gasteiger partial charge in [0.15, 0.2) is 0 Å². The van der Waals surface area contributed by atoms with Gasteiger partial charge in [0.2, 0.25) is 11.9 Å². The van der Waals surface area contributed by atoms with Crippen LogP contribution in [-0.4, -0.2) is 62.2 Å². The van der Waals surface area contributed by atoms with E-state index in [0.29, 0.717) is 58.5 Å². The topological polar surface area (TPSA) is 245 Å². The molecule has 0 spiro atoms. The number of anilines is 2. The maximum atomic E-state index is 14.4. The Morgan fingerprint density at radius 3 is 2.02 bits per heavy atom. The van der Waals surface area contributed by atoms with E-state index in [1.54, 1.807) is 94.2 Å². The van der Waals surface area contributed by atoms with Crippen LogP contribution in [0.4, 0.5) is 20.7 Å². The summed E-state index contributed by atoms with van der Waals surface area (Å²) in [6, 6.07) is 27.5. The summed E-state index contributed by atoms with van der Waals surface area (Å²) in [5.74, 6) is 2.73. The van der Waals surface area contributed by atoms with Crippen LogP contribution in [0.25, 0.3) is 43.6 Å². The van der Waals surface area contributed by atoms with Crippen LogP contribution in [-0.2, 0) is 30.8 Å². The fourth-order valence-electron chi connectivity index (χ4n) is 6.16. The first kappa shape index (κ1) is 46.3. The largest absolute Gasteiger partial charge is 0.497 e. The highest BCUT2D eigenvalue weighted by Gasteiger charge is 2.20. The van der Waals surface area contributed by atoms with Crippen LogP contribution in [0.15, 0.2) is 108 Å². The number of nitrogens with one attached hydrogen (secondary N) is 1. The van der Waals surface area contributed by atoms with Gasteiger partial charge < -0.3 is 26.0 Å². The number of ether oxygens (including phenoxy) is 1. The van der Waals surface area contributed by atoms with Crippen LogP contribution in [0.5, 0.6) is 5.75 Å². The standard InChI is InChI=1S/C19H18FN7O.C18H14FN3O.C9H12N4O/c1-19(2,28)15-8-3-5-11(22-15)9-27-10-14(25-26-27)17-16-12(20)6-4-7-13(16)23-18(21)24-17;1-3-15-17-14(19)5-4-6-16(17)22-18(21-15)20-11-12-7-9-13(23-2)10-8-12;1-9(2,14)8-5-3-4-7(12-8)6-11-13-10/h3-8,10,28H,9H2,1-2H3,(H2,21,23,24);1,4-10H,11H2,2H3,(H,20,21,22);3-5,14H,6H2,1-2H3. The summed E-state index contributed by atoms with van der Waals surface area (Å²) in [6.07, 6.45) is 7.09. The summed E-state index contributed by atoms with van der Waals surface area (Å²) >= 11 is 0. The Balaban J connectivity index is 0.000000171. The van der Waals surface area contributed by atoms with E-state index >= 15 is 0 Å². The molecule has 8 aromatic rings. The van der Waals surface area contributed by atoms with E-state index in [0.717, 1.165) is 11.3 Å². The number of nitrogens with zero attached hydrogens (tertiary/aromatic N) is 12. The molecule has 0 unspecified atom stereocenters. The van der Waals surface area contributed by atoms with Crippen LogP contribution < -0.4 is 15.8 Å². The third kappa shape index (κ3) is 12.1. The lowest BCUT2D eigenvalue weighted by Gasteiger charge is -2.17. The molecule has 3 aromatic carbocycles. The summed E-state index contributed by atoms with van der Waals surface area (Å²) in [5.41, 5.74) is 17.2. The Labute approximate surface area is 372 Å². The van der Waals surface area contributed by atoms with Crippen molar-refractivity contribution in [2.45, 2.75) is 58.5 Å². The van der Waals surface area contributed by atoms with E-state index in [9.17, 15) is 19.0 Å². The van der Waals surface area contributed by atoms with Gasteiger partial charge in [-0.3, -0.25) is 9.97 Å². The highest BCUT2D eigenvalue weighted by atomic mass is 19.1. The van der Waals surface area contributed by atoms with Gasteiger partial charge in [-0.1, -0.05) is 46.7 Å². The third-order valence-electron chi connectivity index (χ3n) is 9.38. The fraction of sp³-hybridized carbons (Fsp3) is 0.217. The number of nitrogen functional groups attached to an aromatic ring is 1. The summed E-state index contributed by atoms with van der Waals surface area (Å²) in [5, 5.41) is 35.0. The van der Waals surface area contributed by atoms with Gasteiger partial charge in [-0.2, -0.15) is 0 Å². The average molecular weight is 879 g/mol. The number of aliphatic hydroxyl groups is 2. The zero-order chi connectivity index (χ0) is 46.7. The summed E-state index contributed by atoms with van der Waals surface area (Å²) < 4.78 is 34.9. The van der Waals surface area contributed by atoms with Gasteiger partial charge in [-0.25, -0.2) is 33.4 Å². The Kier molecular flexibility index (Phi) is 14.5. The first-order valence-corrected chi connectivity index (χ1v) is 19.9. The average Bonchev–Trinajstić information content (AvgIpc) is 3.75. The molecular formula is C46H44F2N14O3. The first-order chi connectivity index (χ1) is 31.1. The summed E-state index contributed by atoms with van der Waals surface area (Å²) in [4.78, 5) is 28.0. The van der Waals surface area contributed by atoms with Crippen molar-refractivity contribution in [2.24, 2.45) is 5.11 Å². The normalized spacial score (nSPS) is 11.1. The number of nitrogens with two attached hydrogens (primary N) is 1. The number of pyridine rings is 2. The molecule has 0 fully saturated rings. The smallest absolute Gasteiger partial charge is 0.224 e. The number of hydrogen-bond acceptors (Lipinski definition) is 14. The van der Waals surface area contributed by atoms with E-state index in [2.05, 4.69) is 61.5 Å². The number of halogens is 2. The van der Waals surface area contributed by atoms with E-state index in [-0.39, 0.29) is 34.7 Å². The molecule has 0 radical (unpaired) electrons. The Bertz CT molecular complexity index is 3030. The number of fused-ring (bicyclic) bond motifs is 2. The lowest BCUT2D eigenvalue weighted by atomic mass is 10.0. The monoisotopic (exact) mass is 878 g/mol. The van der Waals surface area contributed by atoms with E-state index < -0.39 is 22.8 Å². The van der Waals surface area contributed by atoms with Gasteiger partial charge in [-0.05, 0) is 105 Å². The SMILES string of the molecule is C#Cc1nc(NCc2ccc(OC)cc2)nc2cccc(F)c12.CC(C)(O)c1cccc(CN=[N+]=[N-])n1.CC(C)(O)c1cccc(Cn2cc(-c3nc(N)nc4cccc(F)c34)nn2)n1. The molecule has 330 valence electrons. The lowest BCUT2D eigenvalue weighted by molar-refractivity contribution is 0.0731. The quantitative estimate of drug-likeness (QED) is 0.0420. The molecule has 0 amide bonds. The van der Waals surface area contributed by atoms with E-state index in [1.165, 1.54) is 12.1 Å². The van der Waals surface area contributed by atoms with Crippen molar-refractivity contribution < 1.29 is 23.7 Å². The van der Waals surface area contributed by atoms with Crippen LogP contribution in [0.3, 0.4) is 0 Å². The van der Waals surface area contributed by atoms with Gasteiger partial charge >= 0.3 is 0 Å². The number of benzene rings is 3. The molecule has 0 saturated carbocycles. The minimum Gasteiger partial charge on any atom is -0.497 e. The first-order valence-electron chi connectivity index (χ1n) is 19.9. The summed E-state index contributed by atoms with van der Waals surface area (Å²) in [7, 11) is 1.62. The van der Waals surface area contributed by atoms with E-state index in [1.807, 2.05) is 36.4 Å². The fourth-order valence-corrected chi connectivity index (χ4v) is 6.16. The van der Waals surface area contributed by atoms with Gasteiger partial charge in [-0.15, -0.1) is 11.5 Å². The molecule has 5 heterocycles. The molecule has 0 saturated heterocycles. The molecule has 5 aromatic heterocycles. The van der Waals surface area contributed by atoms with Crippen molar-refractivity contribution in [3.63, 3.8) is 0 Å². The predicted octanol–water partition coefficient (Wildman–Crippen LogP) is 7.77. The number of azide groups is 1. The lowest BCUT2D eigenvalue weighted by Crippen LogP contribution is -2.18. The molecule has 19 heteroatoms. The van der Waals surface area contributed by atoms with Crippen molar-refractivity contribution in [1.29, 1.82) is 0 Å². The molecular weight excluding hydrogens is 835 g/mol. The van der Waals surface area contributed by atoms with Crippen molar-refractivity contribution >= 4 is 33.7 Å². The third-order valence-corrected chi connectivity index (χ3v) is 9.38. The highest BCUT2D eigenvalue weighted by molar-refractivity contribution is 5.92. The van der Waals surface area contributed by atoms with Crippen LogP contribution >= 0.6 is 0 Å². The maximum absolute atomic E-state index is 14.4. The number of aromatic nitrogens is 9. The van der Waals surface area contributed by atoms with Gasteiger partial charge in [0, 0.05) is 17.2 Å². The molecule has 0 bridgehead atoms. The maximum Gasteiger partial charge on any atom is 0.224 e. The second-order valence-electron chi connectivity index (χ2n) is 15.3. The second kappa shape index (κ2) is 20.3. The van der Waals surface area contributed by atoms with Crippen molar-refractivity contribution in [3.05, 3.63) is 159 Å². The van der Waals surface area contributed by atoms with Crippen LogP contribution in [0, 0.1) is 24.0 Å². The molecule has 8 rings (SSSR count). The minimum atomic E-state index is -1.04. The zero-order valence-electron chi connectivity index (χ0n) is 36.0. The molecule has 17 nitrogen and oxygen atoms in total. The number of methoxy groups -OCH3 is 1. The number of hydrogen-bond donors (Lipinski definition) is 4. The Morgan fingerprint density at radius 1 is 0.800 bits per heavy atom. The molecule has 65 heavy (non-hydrogen) atoms. The molecule has 5 N–H and O–H groups in total. The van der Waals surface area contributed by atoms with Gasteiger partial charge in [0.05, 0.1) is 65.3 Å².